The van der Waals surface area contributed by atoms with Crippen molar-refractivity contribution in [2.45, 2.75) is 44.6 Å². The molecule has 0 aliphatic heterocycles. The van der Waals surface area contributed by atoms with Crippen LogP contribution in [0, 0.1) is 0 Å². The van der Waals surface area contributed by atoms with Gasteiger partial charge in [-0.3, -0.25) is 0 Å². The second-order valence-electron chi connectivity index (χ2n) is 4.48. The Balaban J connectivity index is 2.06. The largest absolute Gasteiger partial charge is 0.311 e. The van der Waals surface area contributed by atoms with Crippen LogP contribution in [0.2, 0.25) is 0 Å². The van der Waals surface area contributed by atoms with Crippen LogP contribution in [0.1, 0.15) is 43.6 Å². The van der Waals surface area contributed by atoms with E-state index in [4.69, 9.17) is 0 Å². The molecule has 1 fully saturated rings. The molecule has 1 atom stereocenters. The highest BCUT2D eigenvalue weighted by Crippen LogP contribution is 2.42. The number of hydrogen-bond donors (Lipinski definition) is 1. The predicted octanol–water partition coefficient (Wildman–Crippen LogP) is 2.49. The van der Waals surface area contributed by atoms with E-state index in [1.165, 1.54) is 0 Å². The van der Waals surface area contributed by atoms with Crippen molar-refractivity contribution in [2.75, 3.05) is 6.54 Å². The van der Waals surface area contributed by atoms with Crippen molar-refractivity contribution in [2.24, 2.45) is 0 Å². The smallest absolute Gasteiger partial charge is 0.248 e. The Morgan fingerprint density at radius 1 is 1.53 bits per heavy atom. The van der Waals surface area contributed by atoms with Crippen LogP contribution in [-0.2, 0) is 6.54 Å². The maximum absolute atomic E-state index is 13.1. The van der Waals surface area contributed by atoms with Gasteiger partial charge in [0.15, 0.2) is 0 Å². The predicted molar refractivity (Wildman–Crippen MR) is 61.0 cm³/mol. The quantitative estimate of drug-likeness (QED) is 0.880. The minimum Gasteiger partial charge on any atom is -0.311 e. The third kappa shape index (κ3) is 3.19. The van der Waals surface area contributed by atoms with E-state index in [0.29, 0.717) is 18.8 Å². The Morgan fingerprint density at radius 2 is 2.35 bits per heavy atom. The van der Waals surface area contributed by atoms with Crippen molar-refractivity contribution in [1.29, 1.82) is 0 Å². The first-order chi connectivity index (χ1) is 8.11. The van der Waals surface area contributed by atoms with Crippen LogP contribution >= 0.6 is 0 Å². The van der Waals surface area contributed by atoms with Gasteiger partial charge < -0.3 is 5.32 Å². The van der Waals surface area contributed by atoms with E-state index in [-0.39, 0.29) is 18.8 Å². The number of aromatic nitrogens is 2. The summed E-state index contributed by atoms with van der Waals surface area (Å²) in [5, 5.41) is 3.16. The van der Waals surface area contributed by atoms with Crippen LogP contribution < -0.4 is 5.32 Å². The van der Waals surface area contributed by atoms with Crippen LogP contribution in [0.15, 0.2) is 12.3 Å². The van der Waals surface area contributed by atoms with Crippen LogP contribution in [-0.4, -0.2) is 22.4 Å². The second-order valence-corrected chi connectivity index (χ2v) is 4.48. The molecule has 0 saturated heterocycles. The first kappa shape index (κ1) is 12.4. The number of alkyl halides is 2. The van der Waals surface area contributed by atoms with E-state index >= 15 is 0 Å². The Kier molecular flexibility index (Phi) is 3.66. The van der Waals surface area contributed by atoms with Gasteiger partial charge in [-0.25, -0.2) is 18.7 Å². The normalized spacial score (nSPS) is 22.9. The van der Waals surface area contributed by atoms with Gasteiger partial charge in [0.05, 0.1) is 5.69 Å². The van der Waals surface area contributed by atoms with Crippen molar-refractivity contribution < 1.29 is 8.78 Å². The molecule has 0 aromatic carbocycles. The molecule has 0 spiro atoms. The summed E-state index contributed by atoms with van der Waals surface area (Å²) >= 11 is 0. The Hall–Kier alpha value is -1.10. The first-order valence-electron chi connectivity index (χ1n) is 6.01. The third-order valence-corrected chi connectivity index (χ3v) is 3.06. The van der Waals surface area contributed by atoms with Crippen molar-refractivity contribution in [3.05, 3.63) is 23.8 Å². The number of nitrogens with zero attached hydrogens (tertiary/aromatic N) is 2. The van der Waals surface area contributed by atoms with Gasteiger partial charge in [0, 0.05) is 31.5 Å². The molecule has 94 valence electrons. The molecule has 0 bridgehead atoms. The zero-order valence-corrected chi connectivity index (χ0v) is 9.92. The van der Waals surface area contributed by atoms with E-state index in [1.807, 2.05) is 13.0 Å². The Labute approximate surface area is 99.7 Å². The molecule has 5 heteroatoms. The van der Waals surface area contributed by atoms with Crippen LogP contribution in [0.25, 0.3) is 0 Å². The number of nitrogens with one attached hydrogen (secondary N) is 1. The SMILES string of the molecule is CCNCc1ccnc(C2CCC(F)(F)C2)n1. The fourth-order valence-corrected chi connectivity index (χ4v) is 2.13. The Bertz CT molecular complexity index is 382. The van der Waals surface area contributed by atoms with Crippen molar-refractivity contribution in [1.82, 2.24) is 15.3 Å². The monoisotopic (exact) mass is 241 g/mol. The molecule has 3 nitrogen and oxygen atoms in total. The average Bonchev–Trinajstić information content (AvgIpc) is 2.67. The van der Waals surface area contributed by atoms with E-state index in [2.05, 4.69) is 15.3 Å². The average molecular weight is 241 g/mol. The van der Waals surface area contributed by atoms with Gasteiger partial charge >= 0.3 is 0 Å². The molecule has 1 aliphatic carbocycles. The standard InChI is InChI=1S/C12H17F2N3/c1-2-15-8-10-4-6-16-11(17-10)9-3-5-12(13,14)7-9/h4,6,9,15H,2-3,5,7-8H2,1H3. The van der Waals surface area contributed by atoms with Crippen LogP contribution in [0.3, 0.4) is 0 Å². The number of hydrogen-bond acceptors (Lipinski definition) is 3. The molecule has 1 saturated carbocycles. The highest BCUT2D eigenvalue weighted by molar-refractivity contribution is 5.08. The third-order valence-electron chi connectivity index (χ3n) is 3.06. The molecule has 1 aromatic rings. The number of rotatable bonds is 4. The van der Waals surface area contributed by atoms with Gasteiger partial charge in [0.1, 0.15) is 5.82 Å². The first-order valence-corrected chi connectivity index (χ1v) is 6.01. The van der Waals surface area contributed by atoms with Gasteiger partial charge in [0.25, 0.3) is 0 Å². The lowest BCUT2D eigenvalue weighted by Gasteiger charge is -2.10. The lowest BCUT2D eigenvalue weighted by Crippen LogP contribution is -2.15. The Morgan fingerprint density at radius 3 is 3.00 bits per heavy atom. The summed E-state index contributed by atoms with van der Waals surface area (Å²) in [7, 11) is 0. The van der Waals surface area contributed by atoms with Crippen molar-refractivity contribution >= 4 is 0 Å². The summed E-state index contributed by atoms with van der Waals surface area (Å²) in [5.74, 6) is -2.16. The molecule has 0 radical (unpaired) electrons. The fourth-order valence-electron chi connectivity index (χ4n) is 2.13. The molecule has 1 N–H and O–H groups in total. The summed E-state index contributed by atoms with van der Waals surface area (Å²) in [6, 6.07) is 1.82. The fraction of sp³-hybridized carbons (Fsp3) is 0.667. The summed E-state index contributed by atoms with van der Waals surface area (Å²) in [6.45, 7) is 3.54. The summed E-state index contributed by atoms with van der Waals surface area (Å²) in [5.41, 5.74) is 0.868. The minimum atomic E-state index is -2.54. The molecule has 1 unspecified atom stereocenters. The lowest BCUT2D eigenvalue weighted by molar-refractivity contribution is 0.00753. The molecule has 1 aliphatic rings. The van der Waals surface area contributed by atoms with Crippen LogP contribution in [0.4, 0.5) is 8.78 Å². The zero-order chi connectivity index (χ0) is 12.3. The molecule has 17 heavy (non-hydrogen) atoms. The van der Waals surface area contributed by atoms with E-state index in [1.54, 1.807) is 6.20 Å². The van der Waals surface area contributed by atoms with E-state index in [0.717, 1.165) is 12.2 Å². The lowest BCUT2D eigenvalue weighted by atomic mass is 10.1. The van der Waals surface area contributed by atoms with Gasteiger partial charge in [-0.05, 0) is 19.0 Å². The second kappa shape index (κ2) is 5.04. The van der Waals surface area contributed by atoms with Crippen molar-refractivity contribution in [3.63, 3.8) is 0 Å². The molecule has 0 amide bonds. The zero-order valence-electron chi connectivity index (χ0n) is 9.92. The molecule has 1 aromatic heterocycles. The van der Waals surface area contributed by atoms with Gasteiger partial charge in [-0.2, -0.15) is 0 Å². The summed E-state index contributed by atoms with van der Waals surface area (Å²) in [4.78, 5) is 8.47. The van der Waals surface area contributed by atoms with E-state index in [9.17, 15) is 8.78 Å². The maximum atomic E-state index is 13.1. The van der Waals surface area contributed by atoms with Gasteiger partial charge in [0.2, 0.25) is 5.92 Å². The van der Waals surface area contributed by atoms with Crippen molar-refractivity contribution in [3.8, 4) is 0 Å². The highest BCUT2D eigenvalue weighted by Gasteiger charge is 2.41. The summed E-state index contributed by atoms with van der Waals surface area (Å²) in [6.07, 6.45) is 1.99. The number of halogens is 2. The van der Waals surface area contributed by atoms with Gasteiger partial charge in [-0.15, -0.1) is 0 Å². The minimum absolute atomic E-state index is 0.0432. The van der Waals surface area contributed by atoms with Crippen LogP contribution in [0.5, 0.6) is 0 Å². The van der Waals surface area contributed by atoms with Gasteiger partial charge in [-0.1, -0.05) is 6.92 Å². The topological polar surface area (TPSA) is 37.8 Å². The molecule has 2 rings (SSSR count). The highest BCUT2D eigenvalue weighted by atomic mass is 19.3. The van der Waals surface area contributed by atoms with E-state index < -0.39 is 5.92 Å². The molecule has 1 heterocycles. The maximum Gasteiger partial charge on any atom is 0.248 e. The summed E-state index contributed by atoms with van der Waals surface area (Å²) < 4.78 is 26.2. The molecular weight excluding hydrogens is 224 g/mol. The molecular formula is C12H17F2N3.